The molecule has 0 saturated carbocycles. The number of azo groups is 2. The minimum atomic E-state index is -0.599. The van der Waals surface area contributed by atoms with Crippen LogP contribution in [-0.4, -0.2) is 31.4 Å². The maximum absolute atomic E-state index is 11.8. The highest BCUT2D eigenvalue weighted by molar-refractivity contribution is 5.97. The first-order chi connectivity index (χ1) is 21.3. The van der Waals surface area contributed by atoms with E-state index >= 15 is 0 Å². The Morgan fingerprint density at radius 3 is 1.27 bits per heavy atom. The van der Waals surface area contributed by atoms with E-state index in [1.54, 1.807) is 47.5 Å². The second kappa shape index (κ2) is 13.1. The van der Waals surface area contributed by atoms with Crippen LogP contribution in [-0.2, 0) is 14.1 Å². The average Bonchev–Trinajstić information content (AvgIpc) is 3.44. The first kappa shape index (κ1) is 29.2. The van der Waals surface area contributed by atoms with E-state index in [2.05, 4.69) is 31.1 Å². The Labute approximate surface area is 251 Å². The van der Waals surface area contributed by atoms with Crippen molar-refractivity contribution >= 4 is 56.6 Å². The number of hydrogen-bond acceptors (Lipinski definition) is 6. The molecule has 12 nitrogen and oxygen atoms in total. The Morgan fingerprint density at radius 2 is 0.886 bits per heavy atom. The summed E-state index contributed by atoms with van der Waals surface area (Å²) in [5.74, 6) is -0.0603. The van der Waals surface area contributed by atoms with Crippen molar-refractivity contribution in [3.05, 3.63) is 109 Å². The fraction of sp³-hybridized carbons (Fsp3) is 0.0625. The third-order valence-corrected chi connectivity index (χ3v) is 6.63. The topological polar surface area (TPSA) is 158 Å². The molecule has 2 aromatic heterocycles. The molecule has 220 valence electrons. The second-order valence-corrected chi connectivity index (χ2v) is 9.49. The van der Waals surface area contributed by atoms with Crippen molar-refractivity contribution < 1.29 is 19.8 Å². The molecule has 4 amide bonds. The van der Waals surface area contributed by atoms with Gasteiger partial charge in [-0.3, -0.25) is 0 Å². The molecule has 0 bridgehead atoms. The van der Waals surface area contributed by atoms with Crippen molar-refractivity contribution in [2.45, 2.75) is 0 Å². The first-order valence-corrected chi connectivity index (χ1v) is 13.4. The molecule has 4 N–H and O–H groups in total. The minimum absolute atomic E-state index is 0.0301. The van der Waals surface area contributed by atoms with Crippen LogP contribution in [0.25, 0.3) is 21.8 Å². The number of benzene rings is 4. The molecule has 0 aliphatic rings. The molecule has 0 fully saturated rings. The lowest BCUT2D eigenvalue weighted by Crippen LogP contribution is -2.04. The molecule has 0 aliphatic heterocycles. The molecule has 12 heteroatoms. The zero-order valence-corrected chi connectivity index (χ0v) is 23.8. The molecule has 6 rings (SSSR count). The average molecular weight is 589 g/mol. The Bertz CT molecular complexity index is 1850. The number of aryl methyl sites for hydroxylation is 2. The monoisotopic (exact) mass is 588 g/mol. The van der Waals surface area contributed by atoms with Gasteiger partial charge in [-0.1, -0.05) is 83.0 Å². The van der Waals surface area contributed by atoms with Crippen molar-refractivity contribution in [2.24, 2.45) is 34.6 Å². The lowest BCUT2D eigenvalue weighted by molar-refractivity contribution is 0.257. The van der Waals surface area contributed by atoms with E-state index in [1.165, 1.54) is 0 Å². The Hall–Kier alpha value is -6.30. The van der Waals surface area contributed by atoms with Gasteiger partial charge in [0.15, 0.2) is 11.4 Å². The number of anilines is 2. The molecule has 0 spiro atoms. The maximum atomic E-state index is 11.8. The van der Waals surface area contributed by atoms with Crippen molar-refractivity contribution in [2.75, 3.05) is 10.6 Å². The summed E-state index contributed by atoms with van der Waals surface area (Å²) >= 11 is 0. The van der Waals surface area contributed by atoms with E-state index in [0.717, 1.165) is 21.8 Å². The standard InChI is InChI=1S/2C16H14N4O2/c2*1-20-13-10-6-5-9-12(13)14(15(20)21)18-19-16(22)17-11-7-3-2-4-8-11/h2*2-10,21H,1H3,(H,17,22). The van der Waals surface area contributed by atoms with Crippen LogP contribution in [0.3, 0.4) is 0 Å². The largest absolute Gasteiger partial charge is 0.493 e. The SMILES string of the molecule is Cn1c(O)c(N=NC(=O)Nc2ccccc2)c2ccccc21.Cn1c(O)c(N=NC(=O)Nc2ccccc2)c2ccccc21. The smallest absolute Gasteiger partial charge is 0.364 e. The molecule has 0 unspecified atom stereocenters. The number of fused-ring (bicyclic) bond motifs is 2. The van der Waals surface area contributed by atoms with Gasteiger partial charge in [-0.15, -0.1) is 10.2 Å². The van der Waals surface area contributed by atoms with Crippen LogP contribution in [0.15, 0.2) is 130 Å². The summed E-state index contributed by atoms with van der Waals surface area (Å²) in [5, 5.41) is 41.9. The van der Waals surface area contributed by atoms with Gasteiger partial charge in [0, 0.05) is 36.2 Å². The Kier molecular flexibility index (Phi) is 8.71. The van der Waals surface area contributed by atoms with Gasteiger partial charge in [-0.2, -0.15) is 0 Å². The number of carbonyl (C=O) groups excluding carboxylic acids is 2. The zero-order valence-electron chi connectivity index (χ0n) is 23.8. The van der Waals surface area contributed by atoms with E-state index in [9.17, 15) is 19.8 Å². The number of nitrogens with one attached hydrogen (secondary N) is 2. The fourth-order valence-corrected chi connectivity index (χ4v) is 4.45. The summed E-state index contributed by atoms with van der Waals surface area (Å²) in [5.41, 5.74) is 3.46. The summed E-state index contributed by atoms with van der Waals surface area (Å²) in [4.78, 5) is 23.6. The molecule has 0 radical (unpaired) electrons. The summed E-state index contributed by atoms with van der Waals surface area (Å²) < 4.78 is 3.19. The molecule has 44 heavy (non-hydrogen) atoms. The maximum Gasteiger partial charge on any atom is 0.364 e. The van der Waals surface area contributed by atoms with Gasteiger partial charge in [0.05, 0.1) is 11.0 Å². The number of para-hydroxylation sites is 4. The van der Waals surface area contributed by atoms with Gasteiger partial charge in [-0.25, -0.2) is 9.59 Å². The molecule has 6 aromatic rings. The lowest BCUT2D eigenvalue weighted by atomic mass is 10.2. The van der Waals surface area contributed by atoms with Crippen LogP contribution in [0.5, 0.6) is 11.8 Å². The molecule has 4 aromatic carbocycles. The minimum Gasteiger partial charge on any atom is -0.493 e. The molecule has 0 saturated heterocycles. The summed E-state index contributed by atoms with van der Waals surface area (Å²) in [7, 11) is 3.45. The van der Waals surface area contributed by atoms with Crippen LogP contribution in [0.2, 0.25) is 0 Å². The van der Waals surface area contributed by atoms with Crippen LogP contribution < -0.4 is 10.6 Å². The van der Waals surface area contributed by atoms with Gasteiger partial charge in [0.1, 0.15) is 0 Å². The number of rotatable bonds is 4. The van der Waals surface area contributed by atoms with Crippen LogP contribution in [0.1, 0.15) is 0 Å². The molecule has 0 atom stereocenters. The van der Waals surface area contributed by atoms with Gasteiger partial charge >= 0.3 is 12.1 Å². The second-order valence-electron chi connectivity index (χ2n) is 9.49. The third kappa shape index (κ3) is 6.44. The predicted octanol–water partition coefficient (Wildman–Crippen LogP) is 8.40. The first-order valence-electron chi connectivity index (χ1n) is 13.4. The van der Waals surface area contributed by atoms with E-state index in [1.807, 2.05) is 84.9 Å². The summed E-state index contributed by atoms with van der Waals surface area (Å²) in [6, 6.07) is 31.5. The van der Waals surface area contributed by atoms with Crippen LogP contribution in [0, 0.1) is 0 Å². The highest BCUT2D eigenvalue weighted by atomic mass is 16.3. The van der Waals surface area contributed by atoms with Crippen molar-refractivity contribution in [1.29, 1.82) is 0 Å². The van der Waals surface area contributed by atoms with Crippen LogP contribution >= 0.6 is 0 Å². The number of aromatic hydroxyl groups is 2. The predicted molar refractivity (Wildman–Crippen MR) is 169 cm³/mol. The molecular formula is C32H28N8O4. The zero-order chi connectivity index (χ0) is 31.1. The normalized spacial score (nSPS) is 11.1. The van der Waals surface area contributed by atoms with E-state index in [4.69, 9.17) is 0 Å². The van der Waals surface area contributed by atoms with E-state index < -0.39 is 12.1 Å². The number of aromatic nitrogens is 2. The van der Waals surface area contributed by atoms with Gasteiger partial charge < -0.3 is 30.0 Å². The lowest BCUT2D eigenvalue weighted by Gasteiger charge is -1.99. The van der Waals surface area contributed by atoms with E-state index in [-0.39, 0.29) is 23.1 Å². The van der Waals surface area contributed by atoms with Gasteiger partial charge in [0.25, 0.3) is 0 Å². The summed E-state index contributed by atoms with van der Waals surface area (Å²) in [6.07, 6.45) is 0. The van der Waals surface area contributed by atoms with Crippen LogP contribution in [0.4, 0.5) is 32.3 Å². The number of nitrogens with zero attached hydrogens (tertiary/aromatic N) is 6. The van der Waals surface area contributed by atoms with Crippen molar-refractivity contribution in [1.82, 2.24) is 9.13 Å². The number of carbonyl (C=O) groups is 2. The number of hydrogen-bond donors (Lipinski definition) is 4. The summed E-state index contributed by atoms with van der Waals surface area (Å²) in [6.45, 7) is 0. The Balaban J connectivity index is 0.000000175. The quantitative estimate of drug-likeness (QED) is 0.152. The highest BCUT2D eigenvalue weighted by Crippen LogP contribution is 2.38. The molecule has 0 aliphatic carbocycles. The number of urea groups is 2. The van der Waals surface area contributed by atoms with Crippen molar-refractivity contribution in [3.63, 3.8) is 0 Å². The molecule has 2 heterocycles. The van der Waals surface area contributed by atoms with Crippen molar-refractivity contribution in [3.8, 4) is 11.8 Å². The Morgan fingerprint density at radius 1 is 0.545 bits per heavy atom. The van der Waals surface area contributed by atoms with Gasteiger partial charge in [0.2, 0.25) is 11.8 Å². The van der Waals surface area contributed by atoms with E-state index in [0.29, 0.717) is 11.4 Å². The van der Waals surface area contributed by atoms with Gasteiger partial charge in [-0.05, 0) is 36.4 Å². The number of amides is 4. The fourth-order valence-electron chi connectivity index (χ4n) is 4.45. The molecular weight excluding hydrogens is 560 g/mol. The third-order valence-electron chi connectivity index (χ3n) is 6.63. The highest BCUT2D eigenvalue weighted by Gasteiger charge is 2.15.